The lowest BCUT2D eigenvalue weighted by molar-refractivity contribution is -0.138. The van der Waals surface area contributed by atoms with Crippen LogP contribution in [0.3, 0.4) is 0 Å². The van der Waals surface area contributed by atoms with E-state index >= 15 is 0 Å². The van der Waals surface area contributed by atoms with E-state index in [1.54, 1.807) is 0 Å². The van der Waals surface area contributed by atoms with Gasteiger partial charge in [-0.05, 0) is 31.6 Å². The molecule has 7 heteroatoms. The molecule has 1 N–H and O–H groups in total. The average Bonchev–Trinajstić information content (AvgIpc) is 3.31. The van der Waals surface area contributed by atoms with Crippen LogP contribution < -0.4 is 5.32 Å². The number of hydrogen-bond acceptors (Lipinski definition) is 3. The molecule has 4 rings (SSSR count). The number of ether oxygens (including phenoxy) is 1. The number of likely N-dealkylation sites (tertiary alicyclic amines) is 1. The van der Waals surface area contributed by atoms with Crippen LogP contribution in [-0.4, -0.2) is 54.9 Å². The van der Waals surface area contributed by atoms with Crippen LogP contribution >= 0.6 is 0 Å². The number of nitrogens with zero attached hydrogens (tertiary/aromatic N) is 1. The van der Waals surface area contributed by atoms with Crippen molar-refractivity contribution in [1.29, 1.82) is 0 Å². The third-order valence-corrected chi connectivity index (χ3v) is 7.05. The molecule has 3 saturated heterocycles. The largest absolute Gasteiger partial charge is 0.390 e. The van der Waals surface area contributed by atoms with Gasteiger partial charge in [0.1, 0.15) is 0 Å². The Kier molecular flexibility index (Phi) is 4.97. The molecule has 0 aromatic heterocycles. The van der Waals surface area contributed by atoms with Crippen LogP contribution in [0.4, 0.5) is 13.2 Å². The van der Waals surface area contributed by atoms with Gasteiger partial charge in [0.2, 0.25) is 5.91 Å². The first-order valence-corrected chi connectivity index (χ1v) is 10.1. The minimum absolute atomic E-state index is 0.0521. The fourth-order valence-corrected chi connectivity index (χ4v) is 5.80. The number of rotatable bonds is 6. The molecule has 1 amide bonds. The van der Waals surface area contributed by atoms with Crippen molar-refractivity contribution in [3.8, 4) is 0 Å². The molecular weight excluding hydrogens is 345 g/mol. The van der Waals surface area contributed by atoms with E-state index in [0.29, 0.717) is 32.0 Å². The predicted octanol–water partition coefficient (Wildman–Crippen LogP) is 3.11. The van der Waals surface area contributed by atoms with Gasteiger partial charge >= 0.3 is 6.18 Å². The molecule has 1 spiro atoms. The Morgan fingerprint density at radius 3 is 2.73 bits per heavy atom. The van der Waals surface area contributed by atoms with Crippen LogP contribution in [0.1, 0.15) is 51.4 Å². The second kappa shape index (κ2) is 6.97. The maximum absolute atomic E-state index is 12.5. The van der Waals surface area contributed by atoms with Crippen molar-refractivity contribution in [2.45, 2.75) is 69.2 Å². The van der Waals surface area contributed by atoms with Gasteiger partial charge in [-0.3, -0.25) is 9.69 Å². The molecule has 1 aliphatic carbocycles. The summed E-state index contributed by atoms with van der Waals surface area (Å²) in [5.74, 6) is 1.15. The number of hydrogen-bond donors (Lipinski definition) is 1. The number of fused-ring (bicyclic) bond motifs is 1. The van der Waals surface area contributed by atoms with Crippen molar-refractivity contribution in [2.24, 2.45) is 17.8 Å². The molecule has 148 valence electrons. The minimum Gasteiger partial charge on any atom is -0.370 e. The molecule has 0 aromatic carbocycles. The molecule has 2 bridgehead atoms. The average molecular weight is 374 g/mol. The second-order valence-electron chi connectivity index (χ2n) is 8.79. The summed E-state index contributed by atoms with van der Waals surface area (Å²) in [6.07, 6.45) is 2.59. The first kappa shape index (κ1) is 18.5. The Bertz CT molecular complexity index is 535. The van der Waals surface area contributed by atoms with Crippen LogP contribution in [0.5, 0.6) is 0 Å². The van der Waals surface area contributed by atoms with E-state index in [2.05, 4.69) is 5.32 Å². The highest BCUT2D eigenvalue weighted by atomic mass is 19.4. The topological polar surface area (TPSA) is 41.6 Å². The summed E-state index contributed by atoms with van der Waals surface area (Å²) in [7, 11) is 0. The summed E-state index contributed by atoms with van der Waals surface area (Å²) in [5, 5.41) is 3.10. The van der Waals surface area contributed by atoms with Gasteiger partial charge in [-0.25, -0.2) is 0 Å². The van der Waals surface area contributed by atoms with Gasteiger partial charge in [0, 0.05) is 44.4 Å². The van der Waals surface area contributed by atoms with E-state index < -0.39 is 12.6 Å². The van der Waals surface area contributed by atoms with Crippen LogP contribution in [0.15, 0.2) is 0 Å². The number of amides is 1. The quantitative estimate of drug-likeness (QED) is 0.777. The zero-order valence-corrected chi connectivity index (χ0v) is 15.2. The molecule has 26 heavy (non-hydrogen) atoms. The monoisotopic (exact) mass is 374 g/mol. The van der Waals surface area contributed by atoms with Crippen molar-refractivity contribution in [2.75, 3.05) is 26.2 Å². The Labute approximate surface area is 152 Å². The predicted molar refractivity (Wildman–Crippen MR) is 90.5 cm³/mol. The molecule has 4 fully saturated rings. The number of carbonyl (C=O) groups excluding carboxylic acids is 1. The minimum atomic E-state index is -4.11. The zero-order valence-electron chi connectivity index (χ0n) is 15.2. The SMILES string of the molecule is O=C(CC1CCCC1)NC[C@H]1[C@H]2CN(CCC(F)(F)F)C[C@]23CC[C@H]1O3. The summed E-state index contributed by atoms with van der Waals surface area (Å²) in [6.45, 7) is 1.93. The van der Waals surface area contributed by atoms with Crippen LogP contribution in [0.25, 0.3) is 0 Å². The third-order valence-electron chi connectivity index (χ3n) is 7.05. The Morgan fingerprint density at radius 1 is 1.23 bits per heavy atom. The lowest BCUT2D eigenvalue weighted by Gasteiger charge is -2.29. The molecule has 3 heterocycles. The molecule has 0 aromatic rings. The maximum atomic E-state index is 12.5. The number of halogens is 3. The fraction of sp³-hybridized carbons (Fsp3) is 0.947. The van der Waals surface area contributed by atoms with Gasteiger partial charge in [-0.2, -0.15) is 13.2 Å². The van der Waals surface area contributed by atoms with Crippen LogP contribution in [-0.2, 0) is 9.53 Å². The van der Waals surface area contributed by atoms with Crippen molar-refractivity contribution in [3.63, 3.8) is 0 Å². The summed E-state index contributed by atoms with van der Waals surface area (Å²) in [5.41, 5.74) is -0.267. The van der Waals surface area contributed by atoms with Crippen molar-refractivity contribution in [1.82, 2.24) is 10.2 Å². The number of alkyl halides is 3. The lowest BCUT2D eigenvalue weighted by atomic mass is 9.73. The summed E-state index contributed by atoms with van der Waals surface area (Å²) < 4.78 is 43.8. The molecule has 0 unspecified atom stereocenters. The highest BCUT2D eigenvalue weighted by molar-refractivity contribution is 5.76. The van der Waals surface area contributed by atoms with Gasteiger partial charge < -0.3 is 10.1 Å². The standard InChI is InChI=1S/C19H29F3N2O2/c20-19(21,22)7-8-24-11-15-14(16-5-6-18(15,12-24)26-16)10-23-17(25)9-13-3-1-2-4-13/h13-16H,1-12H2,(H,23,25)/t14-,15+,16+,18+/m0/s1. The third kappa shape index (κ3) is 3.75. The summed E-state index contributed by atoms with van der Waals surface area (Å²) in [6, 6.07) is 0. The fourth-order valence-electron chi connectivity index (χ4n) is 5.80. The second-order valence-corrected chi connectivity index (χ2v) is 8.79. The van der Waals surface area contributed by atoms with Crippen molar-refractivity contribution < 1.29 is 22.7 Å². The summed E-state index contributed by atoms with van der Waals surface area (Å²) in [4.78, 5) is 14.2. The Hall–Kier alpha value is -0.820. The van der Waals surface area contributed by atoms with Gasteiger partial charge in [-0.1, -0.05) is 12.8 Å². The van der Waals surface area contributed by atoms with E-state index in [1.165, 1.54) is 12.8 Å². The van der Waals surface area contributed by atoms with E-state index in [1.807, 2.05) is 4.90 Å². The van der Waals surface area contributed by atoms with Crippen molar-refractivity contribution in [3.05, 3.63) is 0 Å². The van der Waals surface area contributed by atoms with Gasteiger partial charge in [0.15, 0.2) is 0 Å². The van der Waals surface area contributed by atoms with E-state index in [-0.39, 0.29) is 36.0 Å². The van der Waals surface area contributed by atoms with Crippen molar-refractivity contribution >= 4 is 5.91 Å². The molecule has 0 radical (unpaired) electrons. The normalized spacial score (nSPS) is 37.4. The molecular formula is C19H29F3N2O2. The lowest BCUT2D eigenvalue weighted by Crippen LogP contribution is -2.42. The smallest absolute Gasteiger partial charge is 0.370 e. The van der Waals surface area contributed by atoms with Crippen LogP contribution in [0.2, 0.25) is 0 Å². The Morgan fingerprint density at radius 2 is 2.00 bits per heavy atom. The first-order valence-electron chi connectivity index (χ1n) is 10.1. The molecule has 4 aliphatic rings. The maximum Gasteiger partial charge on any atom is 0.390 e. The molecule has 4 nitrogen and oxygen atoms in total. The number of carbonyl (C=O) groups is 1. The van der Waals surface area contributed by atoms with Gasteiger partial charge in [-0.15, -0.1) is 0 Å². The van der Waals surface area contributed by atoms with Gasteiger partial charge in [0.25, 0.3) is 0 Å². The highest BCUT2D eigenvalue weighted by Crippen LogP contribution is 2.54. The zero-order chi connectivity index (χ0) is 18.4. The molecule has 1 saturated carbocycles. The van der Waals surface area contributed by atoms with E-state index in [0.717, 1.165) is 25.7 Å². The van der Waals surface area contributed by atoms with E-state index in [9.17, 15) is 18.0 Å². The summed E-state index contributed by atoms with van der Waals surface area (Å²) >= 11 is 0. The number of nitrogens with one attached hydrogen (secondary N) is 1. The highest BCUT2D eigenvalue weighted by Gasteiger charge is 2.62. The molecule has 3 aliphatic heterocycles. The molecule has 4 atom stereocenters. The van der Waals surface area contributed by atoms with Crippen LogP contribution in [0, 0.1) is 17.8 Å². The first-order chi connectivity index (χ1) is 12.3. The van der Waals surface area contributed by atoms with E-state index in [4.69, 9.17) is 4.74 Å². The van der Waals surface area contributed by atoms with Gasteiger partial charge in [0.05, 0.1) is 18.1 Å². The Balaban J connectivity index is 1.30.